The second-order valence-corrected chi connectivity index (χ2v) is 4.44. The number of piperidine rings is 1. The van der Waals surface area contributed by atoms with E-state index in [4.69, 9.17) is 0 Å². The Hall–Kier alpha value is -0.960. The van der Waals surface area contributed by atoms with Gasteiger partial charge in [-0.05, 0) is 57.7 Å². The molecule has 82 valence electrons. The normalized spacial score (nSPS) is 21.6. The molecule has 1 aliphatic heterocycles. The maximum atomic E-state index is 4.27. The van der Waals surface area contributed by atoms with E-state index >= 15 is 0 Å². The first-order chi connectivity index (χ1) is 7.27. The third kappa shape index (κ3) is 2.53. The Morgan fingerprint density at radius 1 is 1.33 bits per heavy atom. The Kier molecular flexibility index (Phi) is 3.31. The van der Waals surface area contributed by atoms with Crippen molar-refractivity contribution in [1.82, 2.24) is 15.3 Å². The predicted octanol–water partition coefficient (Wildman–Crippen LogP) is 1.64. The summed E-state index contributed by atoms with van der Waals surface area (Å²) >= 11 is 0. The van der Waals surface area contributed by atoms with E-state index < -0.39 is 0 Å². The average Bonchev–Trinajstić information content (AvgIpc) is 2.25. The molecule has 1 fully saturated rings. The molecule has 0 radical (unpaired) electrons. The van der Waals surface area contributed by atoms with Crippen molar-refractivity contribution in [3.8, 4) is 0 Å². The first kappa shape index (κ1) is 10.6. The van der Waals surface area contributed by atoms with Crippen molar-refractivity contribution in [2.24, 2.45) is 5.92 Å². The Balaban J connectivity index is 2.09. The van der Waals surface area contributed by atoms with Crippen molar-refractivity contribution in [1.29, 1.82) is 0 Å². The zero-order valence-electron chi connectivity index (χ0n) is 9.58. The van der Waals surface area contributed by atoms with Crippen molar-refractivity contribution in [2.75, 3.05) is 13.1 Å². The first-order valence-corrected chi connectivity index (χ1v) is 5.75. The number of aryl methyl sites for hydroxylation is 2. The zero-order valence-corrected chi connectivity index (χ0v) is 9.58. The average molecular weight is 205 g/mol. The van der Waals surface area contributed by atoms with E-state index in [0.717, 1.165) is 30.3 Å². The minimum atomic E-state index is 0.766. The van der Waals surface area contributed by atoms with Gasteiger partial charge < -0.3 is 5.32 Å². The van der Waals surface area contributed by atoms with E-state index in [1.807, 2.05) is 0 Å². The standard InChI is InChI=1S/C12H19N3/c1-9-12(10(2)15-8-14-9)6-11-4-3-5-13-7-11/h8,11,13H,3-7H2,1-2H3. The number of rotatable bonds is 2. The molecule has 1 aliphatic rings. The van der Waals surface area contributed by atoms with Crippen molar-refractivity contribution < 1.29 is 0 Å². The molecule has 1 saturated heterocycles. The van der Waals surface area contributed by atoms with Gasteiger partial charge in [0.2, 0.25) is 0 Å². The highest BCUT2D eigenvalue weighted by atomic mass is 14.9. The highest BCUT2D eigenvalue weighted by molar-refractivity contribution is 5.23. The minimum absolute atomic E-state index is 0.766. The Morgan fingerprint density at radius 3 is 2.67 bits per heavy atom. The minimum Gasteiger partial charge on any atom is -0.316 e. The van der Waals surface area contributed by atoms with E-state index in [9.17, 15) is 0 Å². The molecule has 1 unspecified atom stereocenters. The fraction of sp³-hybridized carbons (Fsp3) is 0.667. The number of nitrogens with one attached hydrogen (secondary N) is 1. The monoisotopic (exact) mass is 205 g/mol. The van der Waals surface area contributed by atoms with Gasteiger partial charge in [-0.15, -0.1) is 0 Å². The third-order valence-electron chi connectivity index (χ3n) is 3.27. The largest absolute Gasteiger partial charge is 0.316 e. The molecule has 2 rings (SSSR count). The molecular weight excluding hydrogens is 186 g/mol. The second-order valence-electron chi connectivity index (χ2n) is 4.44. The summed E-state index contributed by atoms with van der Waals surface area (Å²) in [6.45, 7) is 6.49. The molecule has 2 heterocycles. The summed E-state index contributed by atoms with van der Waals surface area (Å²) in [5.41, 5.74) is 3.65. The number of hydrogen-bond acceptors (Lipinski definition) is 3. The summed E-state index contributed by atoms with van der Waals surface area (Å²) in [5, 5.41) is 3.45. The lowest BCUT2D eigenvalue weighted by Crippen LogP contribution is -2.31. The lowest BCUT2D eigenvalue weighted by molar-refractivity contribution is 0.374. The Morgan fingerprint density at radius 2 is 2.07 bits per heavy atom. The Bertz CT molecular complexity index is 309. The maximum Gasteiger partial charge on any atom is 0.115 e. The summed E-state index contributed by atoms with van der Waals surface area (Å²) in [5.74, 6) is 0.766. The third-order valence-corrected chi connectivity index (χ3v) is 3.27. The molecular formula is C12H19N3. The van der Waals surface area contributed by atoms with E-state index in [1.54, 1.807) is 6.33 Å². The molecule has 3 nitrogen and oxygen atoms in total. The summed E-state index contributed by atoms with van der Waals surface area (Å²) in [4.78, 5) is 8.55. The summed E-state index contributed by atoms with van der Waals surface area (Å²) in [7, 11) is 0. The smallest absolute Gasteiger partial charge is 0.115 e. The van der Waals surface area contributed by atoms with Crippen LogP contribution in [0.5, 0.6) is 0 Å². The van der Waals surface area contributed by atoms with Gasteiger partial charge in [0.15, 0.2) is 0 Å². The van der Waals surface area contributed by atoms with Crippen LogP contribution in [0.2, 0.25) is 0 Å². The van der Waals surface area contributed by atoms with Crippen molar-refractivity contribution >= 4 is 0 Å². The molecule has 0 aromatic carbocycles. The van der Waals surface area contributed by atoms with Crippen LogP contribution in [0, 0.1) is 19.8 Å². The van der Waals surface area contributed by atoms with Crippen molar-refractivity contribution in [3.63, 3.8) is 0 Å². The van der Waals surface area contributed by atoms with E-state index in [-0.39, 0.29) is 0 Å². The highest BCUT2D eigenvalue weighted by Crippen LogP contribution is 2.19. The molecule has 0 spiro atoms. The van der Waals surface area contributed by atoms with Gasteiger partial charge in [0.05, 0.1) is 0 Å². The van der Waals surface area contributed by atoms with Gasteiger partial charge in [-0.25, -0.2) is 9.97 Å². The van der Waals surface area contributed by atoms with Gasteiger partial charge in [-0.1, -0.05) is 0 Å². The zero-order chi connectivity index (χ0) is 10.7. The molecule has 0 amide bonds. The molecule has 1 atom stereocenters. The van der Waals surface area contributed by atoms with Gasteiger partial charge in [0, 0.05) is 11.4 Å². The quantitative estimate of drug-likeness (QED) is 0.797. The lowest BCUT2D eigenvalue weighted by Gasteiger charge is -2.23. The maximum absolute atomic E-state index is 4.27. The molecule has 1 aromatic rings. The molecule has 1 aromatic heterocycles. The molecule has 1 N–H and O–H groups in total. The van der Waals surface area contributed by atoms with Crippen LogP contribution in [-0.2, 0) is 6.42 Å². The van der Waals surface area contributed by atoms with Gasteiger partial charge in [0.1, 0.15) is 6.33 Å². The van der Waals surface area contributed by atoms with Crippen LogP contribution in [0.25, 0.3) is 0 Å². The van der Waals surface area contributed by atoms with Gasteiger partial charge in [-0.3, -0.25) is 0 Å². The van der Waals surface area contributed by atoms with Gasteiger partial charge in [0.25, 0.3) is 0 Å². The fourth-order valence-electron chi connectivity index (χ4n) is 2.30. The summed E-state index contributed by atoms with van der Waals surface area (Å²) in [6.07, 6.45) is 5.43. The van der Waals surface area contributed by atoms with Gasteiger partial charge in [-0.2, -0.15) is 0 Å². The number of aromatic nitrogens is 2. The summed E-state index contributed by atoms with van der Waals surface area (Å²) < 4.78 is 0. The number of nitrogens with zero attached hydrogens (tertiary/aromatic N) is 2. The number of hydrogen-bond donors (Lipinski definition) is 1. The molecule has 0 saturated carbocycles. The first-order valence-electron chi connectivity index (χ1n) is 5.75. The van der Waals surface area contributed by atoms with Crippen LogP contribution in [0.1, 0.15) is 29.8 Å². The lowest BCUT2D eigenvalue weighted by atomic mass is 9.91. The van der Waals surface area contributed by atoms with E-state index in [0.29, 0.717) is 0 Å². The molecule has 0 aliphatic carbocycles. The van der Waals surface area contributed by atoms with Crippen LogP contribution in [0.4, 0.5) is 0 Å². The van der Waals surface area contributed by atoms with Crippen LogP contribution in [0.3, 0.4) is 0 Å². The summed E-state index contributed by atoms with van der Waals surface area (Å²) in [6, 6.07) is 0. The highest BCUT2D eigenvalue weighted by Gasteiger charge is 2.16. The van der Waals surface area contributed by atoms with Crippen LogP contribution < -0.4 is 5.32 Å². The molecule has 15 heavy (non-hydrogen) atoms. The van der Waals surface area contributed by atoms with E-state index in [2.05, 4.69) is 29.1 Å². The fourth-order valence-corrected chi connectivity index (χ4v) is 2.30. The topological polar surface area (TPSA) is 37.8 Å². The SMILES string of the molecule is Cc1ncnc(C)c1CC1CCCNC1. The van der Waals surface area contributed by atoms with Crippen molar-refractivity contribution in [2.45, 2.75) is 33.1 Å². The van der Waals surface area contributed by atoms with Crippen LogP contribution >= 0.6 is 0 Å². The van der Waals surface area contributed by atoms with Gasteiger partial charge >= 0.3 is 0 Å². The predicted molar refractivity (Wildman–Crippen MR) is 60.8 cm³/mol. The van der Waals surface area contributed by atoms with Crippen LogP contribution in [0.15, 0.2) is 6.33 Å². The van der Waals surface area contributed by atoms with Crippen molar-refractivity contribution in [3.05, 3.63) is 23.3 Å². The molecule has 0 bridgehead atoms. The second kappa shape index (κ2) is 4.71. The van der Waals surface area contributed by atoms with Crippen LogP contribution in [-0.4, -0.2) is 23.1 Å². The van der Waals surface area contributed by atoms with E-state index in [1.165, 1.54) is 24.9 Å². The molecule has 3 heteroatoms. The Labute approximate surface area is 91.3 Å².